The lowest BCUT2D eigenvalue weighted by Gasteiger charge is -2.20. The summed E-state index contributed by atoms with van der Waals surface area (Å²) in [6, 6.07) is 11.6. The molecule has 0 spiro atoms. The van der Waals surface area contributed by atoms with Gasteiger partial charge in [0.2, 0.25) is 0 Å². The molecular formula is C23H25Cl2NO6. The average molecular weight is 482 g/mol. The third kappa shape index (κ3) is 7.82. The lowest BCUT2D eigenvalue weighted by Crippen LogP contribution is -2.44. The van der Waals surface area contributed by atoms with Gasteiger partial charge in [0.05, 0.1) is 6.61 Å². The second-order valence-electron chi connectivity index (χ2n) is 7.78. The monoisotopic (exact) mass is 481 g/mol. The van der Waals surface area contributed by atoms with E-state index in [2.05, 4.69) is 5.32 Å². The number of carboxylic acids is 1. The van der Waals surface area contributed by atoms with Crippen molar-refractivity contribution in [2.75, 3.05) is 6.61 Å². The number of nitrogens with one attached hydrogen (secondary N) is 1. The van der Waals surface area contributed by atoms with Gasteiger partial charge in [-0.05, 0) is 41.7 Å². The van der Waals surface area contributed by atoms with Crippen molar-refractivity contribution in [1.29, 1.82) is 0 Å². The van der Waals surface area contributed by atoms with Crippen molar-refractivity contribution in [2.45, 2.75) is 38.8 Å². The lowest BCUT2D eigenvalue weighted by molar-refractivity contribution is -0.156. The molecule has 0 bridgehead atoms. The van der Waals surface area contributed by atoms with Crippen molar-refractivity contribution >= 4 is 41.0 Å². The summed E-state index contributed by atoms with van der Waals surface area (Å²) in [5.41, 5.74) is 2.26. The van der Waals surface area contributed by atoms with Crippen molar-refractivity contribution < 1.29 is 29.3 Å². The molecule has 7 nitrogen and oxygen atoms in total. The van der Waals surface area contributed by atoms with Crippen LogP contribution < -0.4 is 5.32 Å². The maximum absolute atomic E-state index is 12.2. The van der Waals surface area contributed by atoms with E-state index in [0.29, 0.717) is 15.6 Å². The summed E-state index contributed by atoms with van der Waals surface area (Å²) in [5, 5.41) is 22.3. The molecule has 0 aliphatic heterocycles. The Bertz CT molecular complexity index is 979. The molecule has 3 N–H and O–H groups in total. The Hall–Kier alpha value is -2.61. The fraction of sp³-hybridized carbons (Fsp3) is 0.348. The smallest absolute Gasteiger partial charge is 0.396 e. The van der Waals surface area contributed by atoms with Crippen LogP contribution >= 0.6 is 23.2 Å². The highest BCUT2D eigenvalue weighted by molar-refractivity contribution is 6.34. The number of ether oxygens (including phenoxy) is 1. The van der Waals surface area contributed by atoms with Crippen LogP contribution in [-0.4, -0.2) is 46.8 Å². The molecule has 2 atom stereocenters. The SMILES string of the molecule is CC(C)COC(=O)C(=O)NC(Cc1ccc(-c2cccc(Cl)c2)c(Cl)c1)CC(O)C(=O)O. The van der Waals surface area contributed by atoms with Crippen LogP contribution in [0.25, 0.3) is 11.1 Å². The quantitative estimate of drug-likeness (QED) is 0.371. The third-order valence-electron chi connectivity index (χ3n) is 4.51. The summed E-state index contributed by atoms with van der Waals surface area (Å²) in [4.78, 5) is 35.2. The Kier molecular flexibility index (Phi) is 9.50. The predicted molar refractivity (Wildman–Crippen MR) is 122 cm³/mol. The molecule has 0 saturated carbocycles. The van der Waals surface area contributed by atoms with Crippen LogP contribution in [0, 0.1) is 5.92 Å². The van der Waals surface area contributed by atoms with Crippen LogP contribution in [0.15, 0.2) is 42.5 Å². The standard InChI is InChI=1S/C23H25Cl2NO6/c1-13(2)12-32-23(31)21(28)26-17(11-20(27)22(29)30)8-14-6-7-18(19(25)9-14)15-4-3-5-16(24)10-15/h3-7,9-10,13,17,20,27H,8,11-12H2,1-2H3,(H,26,28)(H,29,30). The number of benzene rings is 2. The van der Waals surface area contributed by atoms with Crippen molar-refractivity contribution in [2.24, 2.45) is 5.92 Å². The van der Waals surface area contributed by atoms with E-state index in [1.54, 1.807) is 36.4 Å². The van der Waals surface area contributed by atoms with Gasteiger partial charge in [-0.1, -0.05) is 61.3 Å². The number of aliphatic hydroxyl groups excluding tert-OH is 1. The molecule has 1 amide bonds. The number of hydrogen-bond donors (Lipinski definition) is 3. The molecule has 2 rings (SSSR count). The molecule has 0 radical (unpaired) electrons. The number of rotatable bonds is 9. The molecule has 9 heteroatoms. The fourth-order valence-electron chi connectivity index (χ4n) is 2.98. The summed E-state index contributed by atoms with van der Waals surface area (Å²) in [5.74, 6) is -3.45. The van der Waals surface area contributed by atoms with Gasteiger partial charge in [-0.15, -0.1) is 0 Å². The Morgan fingerprint density at radius 2 is 1.81 bits per heavy atom. The van der Waals surface area contributed by atoms with Crippen LogP contribution in [0.5, 0.6) is 0 Å². The van der Waals surface area contributed by atoms with E-state index in [0.717, 1.165) is 11.1 Å². The van der Waals surface area contributed by atoms with Crippen LogP contribution in [-0.2, 0) is 25.5 Å². The normalized spacial score (nSPS) is 12.8. The Morgan fingerprint density at radius 3 is 2.41 bits per heavy atom. The first-order valence-corrected chi connectivity index (χ1v) is 10.7. The zero-order chi connectivity index (χ0) is 23.8. The Balaban J connectivity index is 2.17. The van der Waals surface area contributed by atoms with Gasteiger partial charge in [0.25, 0.3) is 0 Å². The van der Waals surface area contributed by atoms with Gasteiger partial charge < -0.3 is 20.3 Å². The number of halogens is 2. The number of aliphatic carboxylic acids is 1. The van der Waals surface area contributed by atoms with E-state index < -0.39 is 30.0 Å². The van der Waals surface area contributed by atoms with E-state index >= 15 is 0 Å². The minimum absolute atomic E-state index is 0.0523. The van der Waals surface area contributed by atoms with Gasteiger partial charge in [0.1, 0.15) is 0 Å². The molecule has 2 unspecified atom stereocenters. The molecule has 172 valence electrons. The minimum atomic E-state index is -1.71. The summed E-state index contributed by atoms with van der Waals surface area (Å²) in [7, 11) is 0. The highest BCUT2D eigenvalue weighted by Crippen LogP contribution is 2.30. The van der Waals surface area contributed by atoms with Crippen molar-refractivity contribution in [3.63, 3.8) is 0 Å². The second kappa shape index (κ2) is 11.9. The average Bonchev–Trinajstić information content (AvgIpc) is 2.71. The molecule has 0 saturated heterocycles. The first-order valence-electron chi connectivity index (χ1n) is 9.99. The third-order valence-corrected chi connectivity index (χ3v) is 5.06. The van der Waals surface area contributed by atoms with Gasteiger partial charge in [-0.3, -0.25) is 4.79 Å². The molecule has 32 heavy (non-hydrogen) atoms. The van der Waals surface area contributed by atoms with Gasteiger partial charge in [0, 0.05) is 28.1 Å². The first kappa shape index (κ1) is 25.6. The van der Waals surface area contributed by atoms with Crippen molar-refractivity contribution in [3.05, 3.63) is 58.1 Å². The number of carboxylic acid groups (broad SMARTS) is 1. The van der Waals surface area contributed by atoms with Gasteiger partial charge >= 0.3 is 17.8 Å². The summed E-state index contributed by atoms with van der Waals surface area (Å²) in [6.07, 6.45) is -1.87. The van der Waals surface area contributed by atoms with Gasteiger partial charge in [-0.25, -0.2) is 9.59 Å². The summed E-state index contributed by atoms with van der Waals surface area (Å²) < 4.78 is 4.90. The number of hydrogen-bond acceptors (Lipinski definition) is 5. The molecule has 0 aliphatic carbocycles. The number of carbonyl (C=O) groups excluding carboxylic acids is 2. The van der Waals surface area contributed by atoms with Crippen LogP contribution in [0.1, 0.15) is 25.8 Å². The highest BCUT2D eigenvalue weighted by Gasteiger charge is 2.25. The summed E-state index contributed by atoms with van der Waals surface area (Å²) >= 11 is 12.5. The van der Waals surface area contributed by atoms with E-state index in [4.69, 9.17) is 33.0 Å². The second-order valence-corrected chi connectivity index (χ2v) is 8.62. The number of aliphatic hydroxyl groups is 1. The number of amides is 1. The van der Waals surface area contributed by atoms with Crippen LogP contribution in [0.3, 0.4) is 0 Å². The largest absolute Gasteiger partial charge is 0.479 e. The maximum atomic E-state index is 12.2. The molecule has 0 aromatic heterocycles. The van der Waals surface area contributed by atoms with Crippen molar-refractivity contribution in [1.82, 2.24) is 5.32 Å². The highest BCUT2D eigenvalue weighted by atomic mass is 35.5. The lowest BCUT2D eigenvalue weighted by atomic mass is 9.97. The van der Waals surface area contributed by atoms with Crippen LogP contribution in [0.2, 0.25) is 10.0 Å². The predicted octanol–water partition coefficient (Wildman–Crippen LogP) is 3.72. The molecular weight excluding hydrogens is 457 g/mol. The summed E-state index contributed by atoms with van der Waals surface area (Å²) in [6.45, 7) is 3.73. The van der Waals surface area contributed by atoms with E-state index in [1.807, 2.05) is 19.9 Å². The van der Waals surface area contributed by atoms with E-state index in [1.165, 1.54) is 0 Å². The van der Waals surface area contributed by atoms with Crippen molar-refractivity contribution in [3.8, 4) is 11.1 Å². The van der Waals surface area contributed by atoms with Gasteiger partial charge in [0.15, 0.2) is 6.10 Å². The molecule has 0 aliphatic rings. The van der Waals surface area contributed by atoms with E-state index in [-0.39, 0.29) is 25.4 Å². The number of esters is 1. The molecule has 0 heterocycles. The fourth-order valence-corrected chi connectivity index (χ4v) is 3.48. The van der Waals surface area contributed by atoms with E-state index in [9.17, 15) is 19.5 Å². The van der Waals surface area contributed by atoms with Crippen LogP contribution in [0.4, 0.5) is 0 Å². The van der Waals surface area contributed by atoms with Gasteiger partial charge in [-0.2, -0.15) is 0 Å². The molecule has 2 aromatic rings. The first-order chi connectivity index (χ1) is 15.1. The molecule has 0 fully saturated rings. The Labute approximate surface area is 196 Å². The minimum Gasteiger partial charge on any atom is -0.479 e. The molecule has 2 aromatic carbocycles. The maximum Gasteiger partial charge on any atom is 0.396 e. The number of carbonyl (C=O) groups is 3. The zero-order valence-corrected chi connectivity index (χ0v) is 19.2. The topological polar surface area (TPSA) is 113 Å². The Morgan fingerprint density at radius 1 is 1.09 bits per heavy atom. The zero-order valence-electron chi connectivity index (χ0n) is 17.7.